The normalized spacial score (nSPS) is 15.8. The predicted octanol–water partition coefficient (Wildman–Crippen LogP) is 5.57. The van der Waals surface area contributed by atoms with E-state index in [0.717, 1.165) is 21.2 Å². The molecule has 0 amide bonds. The lowest BCUT2D eigenvalue weighted by Crippen LogP contribution is -2.17. The third-order valence-electron chi connectivity index (χ3n) is 3.95. The minimum atomic E-state index is -0.497. The topological polar surface area (TPSA) is 20.2 Å². The van der Waals surface area contributed by atoms with Crippen LogP contribution in [0.1, 0.15) is 48.3 Å². The number of halogens is 1. The Morgan fingerprint density at radius 2 is 1.90 bits per heavy atom. The summed E-state index contributed by atoms with van der Waals surface area (Å²) < 4.78 is 0.773. The average molecular weight is 309 g/mol. The molecule has 0 saturated carbocycles. The summed E-state index contributed by atoms with van der Waals surface area (Å²) in [6, 6.07) is 12.3. The lowest BCUT2D eigenvalue weighted by molar-refractivity contribution is 0.121. The van der Waals surface area contributed by atoms with E-state index in [4.69, 9.17) is 11.6 Å². The van der Waals surface area contributed by atoms with Gasteiger partial charge in [0.05, 0.1) is 10.4 Å². The zero-order valence-corrected chi connectivity index (χ0v) is 13.7. The van der Waals surface area contributed by atoms with Crippen molar-refractivity contribution in [2.45, 2.75) is 39.2 Å². The van der Waals surface area contributed by atoms with Crippen LogP contribution >= 0.6 is 22.9 Å². The molecule has 2 aromatic rings. The highest BCUT2D eigenvalue weighted by Gasteiger charge is 2.28. The fraction of sp³-hybridized carbons (Fsp3) is 0.412. The summed E-state index contributed by atoms with van der Waals surface area (Å²) in [6.45, 7) is 6.35. The predicted molar refractivity (Wildman–Crippen MR) is 87.7 cm³/mol. The number of aryl methyl sites for hydroxylation is 1. The van der Waals surface area contributed by atoms with Crippen molar-refractivity contribution in [2.24, 2.45) is 5.92 Å². The molecule has 0 bridgehead atoms. The Hall–Kier alpha value is -0.830. The molecule has 0 radical (unpaired) electrons. The van der Waals surface area contributed by atoms with Crippen LogP contribution in [-0.4, -0.2) is 5.11 Å². The monoisotopic (exact) mass is 308 g/mol. The largest absolute Gasteiger partial charge is 0.387 e. The second-order valence-electron chi connectivity index (χ2n) is 5.37. The molecule has 0 fully saturated rings. The Kier molecular flexibility index (Phi) is 5.25. The number of hydrogen-bond acceptors (Lipinski definition) is 2. The van der Waals surface area contributed by atoms with Crippen LogP contribution in [0.2, 0.25) is 4.34 Å². The molecule has 3 unspecified atom stereocenters. The molecule has 1 nitrogen and oxygen atoms in total. The van der Waals surface area contributed by atoms with Crippen molar-refractivity contribution in [3.63, 3.8) is 0 Å². The number of rotatable bonds is 5. The van der Waals surface area contributed by atoms with Gasteiger partial charge in [0.15, 0.2) is 0 Å². The Morgan fingerprint density at radius 1 is 1.25 bits per heavy atom. The van der Waals surface area contributed by atoms with E-state index < -0.39 is 6.10 Å². The highest BCUT2D eigenvalue weighted by atomic mass is 35.5. The lowest BCUT2D eigenvalue weighted by Gasteiger charge is -2.28. The van der Waals surface area contributed by atoms with Crippen LogP contribution in [0.25, 0.3) is 0 Å². The average Bonchev–Trinajstić information content (AvgIpc) is 2.80. The standard InChI is InChI=1S/C17H21ClOS/c1-4-11(2)15(13-8-6-5-7-9-13)16(19)14-10-12(3)17(18)20-14/h5-11,15-16,19H,4H2,1-3H3. The summed E-state index contributed by atoms with van der Waals surface area (Å²) in [7, 11) is 0. The maximum Gasteiger partial charge on any atom is 0.0961 e. The lowest BCUT2D eigenvalue weighted by atomic mass is 9.81. The van der Waals surface area contributed by atoms with E-state index in [1.807, 2.05) is 31.2 Å². The summed E-state index contributed by atoms with van der Waals surface area (Å²) in [4.78, 5) is 0.960. The molecule has 0 aliphatic carbocycles. The summed E-state index contributed by atoms with van der Waals surface area (Å²) in [5.74, 6) is 0.517. The number of aliphatic hydroxyl groups is 1. The van der Waals surface area contributed by atoms with Gasteiger partial charge in [-0.2, -0.15) is 0 Å². The molecule has 1 heterocycles. The van der Waals surface area contributed by atoms with E-state index in [9.17, 15) is 5.11 Å². The first-order chi connectivity index (χ1) is 9.54. The van der Waals surface area contributed by atoms with E-state index in [0.29, 0.717) is 5.92 Å². The molecule has 1 aromatic heterocycles. The SMILES string of the molecule is CCC(C)C(c1ccccc1)C(O)c1cc(C)c(Cl)s1. The van der Waals surface area contributed by atoms with Crippen molar-refractivity contribution in [3.8, 4) is 0 Å². The fourth-order valence-electron chi connectivity index (χ4n) is 2.56. The zero-order chi connectivity index (χ0) is 14.7. The van der Waals surface area contributed by atoms with Crippen molar-refractivity contribution in [2.75, 3.05) is 0 Å². The maximum absolute atomic E-state index is 10.8. The first kappa shape index (κ1) is 15.6. The molecule has 108 valence electrons. The third-order valence-corrected chi connectivity index (χ3v) is 5.58. The van der Waals surface area contributed by atoms with Crippen LogP contribution in [0, 0.1) is 12.8 Å². The van der Waals surface area contributed by atoms with Crippen molar-refractivity contribution >= 4 is 22.9 Å². The van der Waals surface area contributed by atoms with Crippen molar-refractivity contribution < 1.29 is 5.11 Å². The van der Waals surface area contributed by atoms with E-state index in [1.54, 1.807) is 0 Å². The first-order valence-electron chi connectivity index (χ1n) is 7.03. The molecule has 1 N–H and O–H groups in total. The van der Waals surface area contributed by atoms with Crippen LogP contribution < -0.4 is 0 Å². The summed E-state index contributed by atoms with van der Waals surface area (Å²) in [6.07, 6.45) is 0.540. The quantitative estimate of drug-likeness (QED) is 0.765. The van der Waals surface area contributed by atoms with Gasteiger partial charge in [-0.3, -0.25) is 0 Å². The molecule has 0 aliphatic heterocycles. The summed E-state index contributed by atoms with van der Waals surface area (Å²) >= 11 is 7.63. The second-order valence-corrected chi connectivity index (χ2v) is 7.06. The van der Waals surface area contributed by atoms with Gasteiger partial charge in [0.1, 0.15) is 0 Å². The minimum absolute atomic E-state index is 0.107. The maximum atomic E-state index is 10.8. The van der Waals surface area contributed by atoms with Gasteiger partial charge in [0, 0.05) is 10.8 Å². The molecule has 3 atom stereocenters. The van der Waals surface area contributed by atoms with E-state index in [-0.39, 0.29) is 5.92 Å². The Morgan fingerprint density at radius 3 is 2.40 bits per heavy atom. The molecule has 0 spiro atoms. The molecule has 2 rings (SSSR count). The molecular formula is C17H21ClOS. The van der Waals surface area contributed by atoms with Crippen molar-refractivity contribution in [3.05, 3.63) is 56.7 Å². The Bertz CT molecular complexity index is 530. The molecule has 3 heteroatoms. The fourth-order valence-corrected chi connectivity index (χ4v) is 3.81. The van der Waals surface area contributed by atoms with Crippen LogP contribution in [0.5, 0.6) is 0 Å². The number of aliphatic hydroxyl groups excluding tert-OH is 1. The van der Waals surface area contributed by atoms with Crippen LogP contribution in [0.4, 0.5) is 0 Å². The number of thiophene rings is 1. The van der Waals surface area contributed by atoms with Crippen molar-refractivity contribution in [1.29, 1.82) is 0 Å². The minimum Gasteiger partial charge on any atom is -0.387 e. The highest BCUT2D eigenvalue weighted by molar-refractivity contribution is 7.16. The van der Waals surface area contributed by atoms with Gasteiger partial charge in [-0.1, -0.05) is 62.2 Å². The molecule has 1 aromatic carbocycles. The molecule has 0 aliphatic rings. The zero-order valence-electron chi connectivity index (χ0n) is 12.1. The Balaban J connectivity index is 2.36. The van der Waals surface area contributed by atoms with Gasteiger partial charge in [-0.15, -0.1) is 11.3 Å². The van der Waals surface area contributed by atoms with Gasteiger partial charge < -0.3 is 5.11 Å². The van der Waals surface area contributed by atoms with Gasteiger partial charge in [-0.25, -0.2) is 0 Å². The van der Waals surface area contributed by atoms with Crippen LogP contribution in [0.3, 0.4) is 0 Å². The van der Waals surface area contributed by atoms with Gasteiger partial charge in [-0.05, 0) is 30.0 Å². The van der Waals surface area contributed by atoms with E-state index >= 15 is 0 Å². The number of hydrogen-bond donors (Lipinski definition) is 1. The molecule has 20 heavy (non-hydrogen) atoms. The van der Waals surface area contributed by atoms with Crippen molar-refractivity contribution in [1.82, 2.24) is 0 Å². The Labute approximate surface area is 130 Å². The highest BCUT2D eigenvalue weighted by Crippen LogP contribution is 2.42. The second kappa shape index (κ2) is 6.75. The van der Waals surface area contributed by atoms with Gasteiger partial charge in [0.2, 0.25) is 0 Å². The third kappa shape index (κ3) is 3.25. The molecule has 0 saturated heterocycles. The molecular weight excluding hydrogens is 288 g/mol. The van der Waals surface area contributed by atoms with Gasteiger partial charge in [0.25, 0.3) is 0 Å². The van der Waals surface area contributed by atoms with E-state index in [2.05, 4.69) is 26.0 Å². The summed E-state index contributed by atoms with van der Waals surface area (Å²) in [5, 5.41) is 10.8. The van der Waals surface area contributed by atoms with Gasteiger partial charge >= 0.3 is 0 Å². The van der Waals surface area contributed by atoms with Crippen LogP contribution in [-0.2, 0) is 0 Å². The number of benzene rings is 1. The van der Waals surface area contributed by atoms with Crippen LogP contribution in [0.15, 0.2) is 36.4 Å². The summed E-state index contributed by atoms with van der Waals surface area (Å²) in [5.41, 5.74) is 2.23. The van der Waals surface area contributed by atoms with E-state index in [1.165, 1.54) is 16.9 Å². The smallest absolute Gasteiger partial charge is 0.0961 e. The first-order valence-corrected chi connectivity index (χ1v) is 8.22.